The summed E-state index contributed by atoms with van der Waals surface area (Å²) < 4.78 is 0. The van der Waals surface area contributed by atoms with Gasteiger partial charge in [0.15, 0.2) is 0 Å². The number of nitrogens with zero attached hydrogens (tertiary/aromatic N) is 2. The fraction of sp³-hybridized carbons (Fsp3) is 0.692. The third-order valence-electron chi connectivity index (χ3n) is 3.41. The molecule has 4 nitrogen and oxygen atoms in total. The van der Waals surface area contributed by atoms with E-state index >= 15 is 0 Å². The molecule has 0 aromatic rings. The second kappa shape index (κ2) is 10.8. The maximum absolute atomic E-state index is 10.9. The van der Waals surface area contributed by atoms with Gasteiger partial charge in [-0.15, -0.1) is 12.6 Å². The number of carboxylic acid groups (broad SMARTS) is 1. The molecule has 118 valence electrons. The Morgan fingerprint density at radius 1 is 1.45 bits per heavy atom. The Hall–Kier alpha value is 0.0823. The van der Waals surface area contributed by atoms with Gasteiger partial charge in [0, 0.05) is 0 Å². The van der Waals surface area contributed by atoms with Gasteiger partial charge in [-0.25, -0.2) is 0 Å². The van der Waals surface area contributed by atoms with E-state index < -0.39 is 5.97 Å². The van der Waals surface area contributed by atoms with E-state index in [1.54, 1.807) is 0 Å². The number of rotatable bonds is 3. The predicted octanol–water partition coefficient (Wildman–Crippen LogP) is 3.78. The van der Waals surface area contributed by atoms with Crippen molar-refractivity contribution in [2.45, 2.75) is 44.2 Å². The first-order chi connectivity index (χ1) is 9.67. The fourth-order valence-electron chi connectivity index (χ4n) is 2.43. The summed E-state index contributed by atoms with van der Waals surface area (Å²) in [5, 5.41) is 13.4. The first-order valence-corrected chi connectivity index (χ1v) is 10.6. The molecular weight excluding hydrogens is 393 g/mol. The topological polar surface area (TPSA) is 63.8 Å². The van der Waals surface area contributed by atoms with E-state index in [9.17, 15) is 4.79 Å². The molecule has 3 unspecified atom stereocenters. The van der Waals surface area contributed by atoms with E-state index in [1.807, 2.05) is 6.21 Å². The number of halogens is 2. The molecule has 1 aliphatic carbocycles. The molecular formula is C13H19Cl2N2O2Pd-. The van der Waals surface area contributed by atoms with Crippen LogP contribution < -0.4 is 0 Å². The SMILES string of the molecule is O=C(O)C1CCCC(N=CC2C=CCC[N-]2)C1.[Cl][Pd][Cl]. The molecule has 0 radical (unpaired) electrons. The molecule has 3 atom stereocenters. The molecule has 0 aromatic carbocycles. The number of aliphatic imine (C=N–C) groups is 1. The van der Waals surface area contributed by atoms with Crippen LogP contribution in [0.1, 0.15) is 32.1 Å². The Labute approximate surface area is 136 Å². The zero-order valence-electron chi connectivity index (χ0n) is 11.0. The van der Waals surface area contributed by atoms with E-state index in [0.717, 1.165) is 32.2 Å². The fourth-order valence-corrected chi connectivity index (χ4v) is 2.43. The molecule has 1 fully saturated rings. The van der Waals surface area contributed by atoms with Crippen LogP contribution in [0.4, 0.5) is 0 Å². The van der Waals surface area contributed by atoms with Gasteiger partial charge in [0.1, 0.15) is 0 Å². The van der Waals surface area contributed by atoms with Crippen molar-refractivity contribution < 1.29 is 25.8 Å². The molecule has 1 N–H and O–H groups in total. The van der Waals surface area contributed by atoms with Gasteiger partial charge in [-0.1, -0.05) is 25.0 Å². The molecule has 1 saturated carbocycles. The standard InChI is InChI=1S/C13H19N2O2.2ClH.Pd/c16-13(17)10-4-3-6-11(8-10)15-9-12-5-1-2-7-14-12;;;/h1,5,9-12H,2-4,6-8H2,(H,16,17);2*1H;/q-1;;;+2/p-2. The van der Waals surface area contributed by atoms with E-state index in [4.69, 9.17) is 24.2 Å². The number of hydrogen-bond donors (Lipinski definition) is 1. The van der Waals surface area contributed by atoms with Gasteiger partial charge in [-0.2, -0.15) is 0 Å². The summed E-state index contributed by atoms with van der Waals surface area (Å²) in [4.78, 5) is 15.4. The number of aliphatic carboxylic acids is 1. The van der Waals surface area contributed by atoms with Crippen molar-refractivity contribution in [1.29, 1.82) is 0 Å². The van der Waals surface area contributed by atoms with Crippen molar-refractivity contribution in [2.24, 2.45) is 10.9 Å². The Morgan fingerprint density at radius 2 is 2.20 bits per heavy atom. The van der Waals surface area contributed by atoms with Crippen LogP contribution >= 0.6 is 19.1 Å². The van der Waals surface area contributed by atoms with Gasteiger partial charge in [-0.3, -0.25) is 9.79 Å². The zero-order valence-corrected chi connectivity index (χ0v) is 14.1. The van der Waals surface area contributed by atoms with Crippen LogP contribution in [0.25, 0.3) is 5.32 Å². The average Bonchev–Trinajstić information content (AvgIpc) is 2.47. The second-order valence-electron chi connectivity index (χ2n) is 4.81. The van der Waals surface area contributed by atoms with E-state index in [1.165, 1.54) is 0 Å². The van der Waals surface area contributed by atoms with Gasteiger partial charge < -0.3 is 10.4 Å². The Balaban J connectivity index is 0.000000612. The van der Waals surface area contributed by atoms with Crippen molar-refractivity contribution >= 4 is 31.2 Å². The second-order valence-corrected chi connectivity index (χ2v) is 7.17. The van der Waals surface area contributed by atoms with Crippen molar-refractivity contribution in [3.63, 3.8) is 0 Å². The van der Waals surface area contributed by atoms with Gasteiger partial charge in [0.05, 0.1) is 12.0 Å². The van der Waals surface area contributed by atoms with Crippen LogP contribution in [0.3, 0.4) is 0 Å². The Kier molecular flexibility index (Phi) is 9.75. The molecule has 0 aromatic heterocycles. The third kappa shape index (κ3) is 7.19. The molecule has 0 saturated heterocycles. The van der Waals surface area contributed by atoms with Crippen LogP contribution in [-0.2, 0) is 20.7 Å². The molecule has 2 aliphatic rings. The predicted molar refractivity (Wildman–Crippen MR) is 79.4 cm³/mol. The number of carboxylic acids is 1. The van der Waals surface area contributed by atoms with Crippen molar-refractivity contribution in [3.8, 4) is 0 Å². The van der Waals surface area contributed by atoms with Crippen LogP contribution in [0.2, 0.25) is 0 Å². The van der Waals surface area contributed by atoms with Gasteiger partial charge in [-0.05, 0) is 25.5 Å². The molecule has 2 rings (SSSR count). The summed E-state index contributed by atoms with van der Waals surface area (Å²) in [6, 6.07) is 0.282. The molecule has 20 heavy (non-hydrogen) atoms. The van der Waals surface area contributed by atoms with E-state index in [0.29, 0.717) is 6.42 Å². The first kappa shape index (κ1) is 18.1. The summed E-state index contributed by atoms with van der Waals surface area (Å²) in [7, 11) is 9.63. The summed E-state index contributed by atoms with van der Waals surface area (Å²) in [6.45, 7) is 0.871. The summed E-state index contributed by atoms with van der Waals surface area (Å²) in [5.41, 5.74) is 0. The van der Waals surface area contributed by atoms with E-state index in [2.05, 4.69) is 22.5 Å². The van der Waals surface area contributed by atoms with E-state index in [-0.39, 0.29) is 33.9 Å². The van der Waals surface area contributed by atoms with Crippen molar-refractivity contribution in [1.82, 2.24) is 0 Å². The van der Waals surface area contributed by atoms with Crippen molar-refractivity contribution in [3.05, 3.63) is 17.5 Å². The minimum absolute atomic E-state index is 0.106. The van der Waals surface area contributed by atoms with Crippen LogP contribution in [0, 0.1) is 5.92 Å². The van der Waals surface area contributed by atoms with Gasteiger partial charge in [0.25, 0.3) is 0 Å². The first-order valence-electron chi connectivity index (χ1n) is 6.59. The molecule has 1 heterocycles. The molecule has 0 spiro atoms. The average molecular weight is 413 g/mol. The van der Waals surface area contributed by atoms with Gasteiger partial charge >= 0.3 is 41.0 Å². The molecule has 0 amide bonds. The summed E-state index contributed by atoms with van der Waals surface area (Å²) in [6.07, 6.45) is 10.6. The summed E-state index contributed by atoms with van der Waals surface area (Å²) in [5.74, 6) is -0.878. The van der Waals surface area contributed by atoms with Crippen LogP contribution in [0.15, 0.2) is 17.1 Å². The summed E-state index contributed by atoms with van der Waals surface area (Å²) >= 11 is -0.106. The molecule has 1 aliphatic heterocycles. The van der Waals surface area contributed by atoms with Crippen LogP contribution in [-0.4, -0.2) is 35.9 Å². The van der Waals surface area contributed by atoms with Crippen molar-refractivity contribution in [2.75, 3.05) is 6.54 Å². The molecule has 0 bridgehead atoms. The minimum atomic E-state index is -0.674. The third-order valence-corrected chi connectivity index (χ3v) is 3.41. The molecule has 7 heteroatoms. The Morgan fingerprint density at radius 3 is 2.80 bits per heavy atom. The number of carbonyl (C=O) groups is 1. The van der Waals surface area contributed by atoms with Crippen LogP contribution in [0.5, 0.6) is 0 Å². The quantitative estimate of drug-likeness (QED) is 0.436. The maximum atomic E-state index is 10.9. The zero-order chi connectivity index (χ0) is 14.8. The Bertz CT molecular complexity index is 353. The normalized spacial score (nSPS) is 30.0. The monoisotopic (exact) mass is 411 g/mol. The number of hydrogen-bond acceptors (Lipinski definition) is 2. The van der Waals surface area contributed by atoms with Gasteiger partial charge in [0.2, 0.25) is 0 Å².